The molecule has 0 bridgehead atoms. The van der Waals surface area contributed by atoms with E-state index in [1.54, 1.807) is 0 Å². The van der Waals surface area contributed by atoms with Gasteiger partial charge in [0.15, 0.2) is 0 Å². The van der Waals surface area contributed by atoms with Crippen LogP contribution in [0.1, 0.15) is 80.9 Å². The Morgan fingerprint density at radius 1 is 0.543 bits per heavy atom. The minimum absolute atomic E-state index is 0.192. The van der Waals surface area contributed by atoms with Crippen molar-refractivity contribution in [1.82, 2.24) is 0 Å². The molecular weight excluding hydrogens is 446 g/mol. The quantitative estimate of drug-likeness (QED) is 0.0617. The van der Waals surface area contributed by atoms with Crippen LogP contribution in [0.25, 0.3) is 10.4 Å². The standard InChI is InChI=1S/C31H39N3S/c32-34-33-26-18-7-5-3-1-2-4-6-8-19-27-35-31(28-20-12-9-13-21-28,29-22-14-10-15-23-29)30-24-16-11-17-25-30/h9-17,20-25H,1-8,18-19,26-27H2. The van der Waals surface area contributed by atoms with Crippen LogP contribution in [0.5, 0.6) is 0 Å². The SMILES string of the molecule is [N-]=[N+]=NCCCCCCCCCCCCSC(c1ccccc1)(c1ccccc1)c1ccccc1. The molecule has 184 valence electrons. The van der Waals surface area contributed by atoms with Gasteiger partial charge in [-0.3, -0.25) is 0 Å². The highest BCUT2D eigenvalue weighted by molar-refractivity contribution is 8.00. The molecule has 0 aromatic heterocycles. The third-order valence-electron chi connectivity index (χ3n) is 6.58. The van der Waals surface area contributed by atoms with Gasteiger partial charge in [0.2, 0.25) is 0 Å². The molecule has 0 heterocycles. The molecule has 4 heteroatoms. The molecule has 0 aliphatic rings. The summed E-state index contributed by atoms with van der Waals surface area (Å²) in [5.74, 6) is 1.14. The maximum Gasteiger partial charge on any atom is 0.0906 e. The van der Waals surface area contributed by atoms with Crippen LogP contribution in [-0.2, 0) is 4.75 Å². The first kappa shape index (κ1) is 26.9. The number of hydrogen-bond acceptors (Lipinski definition) is 2. The molecule has 0 radical (unpaired) electrons. The molecule has 0 fully saturated rings. The van der Waals surface area contributed by atoms with Crippen LogP contribution in [-0.4, -0.2) is 12.3 Å². The van der Waals surface area contributed by atoms with Crippen LogP contribution in [0.3, 0.4) is 0 Å². The van der Waals surface area contributed by atoms with E-state index in [1.807, 2.05) is 0 Å². The van der Waals surface area contributed by atoms with Gasteiger partial charge in [-0.25, -0.2) is 0 Å². The Kier molecular flexibility index (Phi) is 12.4. The lowest BCUT2D eigenvalue weighted by Gasteiger charge is -2.35. The fourth-order valence-electron chi connectivity index (χ4n) is 4.74. The second-order valence-corrected chi connectivity index (χ2v) is 10.4. The highest BCUT2D eigenvalue weighted by Gasteiger charge is 2.36. The Morgan fingerprint density at radius 2 is 0.914 bits per heavy atom. The number of benzene rings is 3. The fourth-order valence-corrected chi connectivity index (χ4v) is 6.30. The van der Waals surface area contributed by atoms with Crippen molar-refractivity contribution < 1.29 is 0 Å². The molecule has 0 N–H and O–H groups in total. The van der Waals surface area contributed by atoms with Crippen LogP contribution in [0, 0.1) is 0 Å². The second kappa shape index (κ2) is 16.1. The highest BCUT2D eigenvalue weighted by atomic mass is 32.2. The molecule has 0 unspecified atom stereocenters. The fraction of sp³-hybridized carbons (Fsp3) is 0.419. The van der Waals surface area contributed by atoms with E-state index in [0.717, 1.165) is 12.2 Å². The second-order valence-electron chi connectivity index (χ2n) is 9.12. The minimum atomic E-state index is -0.192. The van der Waals surface area contributed by atoms with Crippen LogP contribution in [0.15, 0.2) is 96.1 Å². The van der Waals surface area contributed by atoms with Gasteiger partial charge in [-0.05, 0) is 40.8 Å². The van der Waals surface area contributed by atoms with E-state index in [4.69, 9.17) is 5.53 Å². The zero-order chi connectivity index (χ0) is 24.4. The summed E-state index contributed by atoms with van der Waals surface area (Å²) in [5.41, 5.74) is 12.3. The topological polar surface area (TPSA) is 48.8 Å². The van der Waals surface area contributed by atoms with Crippen molar-refractivity contribution in [2.45, 2.75) is 69.0 Å². The summed E-state index contributed by atoms with van der Waals surface area (Å²) in [6.07, 6.45) is 12.7. The van der Waals surface area contributed by atoms with Crippen LogP contribution in [0.2, 0.25) is 0 Å². The minimum Gasteiger partial charge on any atom is -0.141 e. The van der Waals surface area contributed by atoms with Crippen LogP contribution in [0.4, 0.5) is 0 Å². The van der Waals surface area contributed by atoms with Gasteiger partial charge in [-0.15, -0.1) is 11.8 Å². The van der Waals surface area contributed by atoms with E-state index >= 15 is 0 Å². The molecule has 0 atom stereocenters. The summed E-state index contributed by atoms with van der Waals surface area (Å²) >= 11 is 2.08. The van der Waals surface area contributed by atoms with Crippen molar-refractivity contribution in [1.29, 1.82) is 0 Å². The smallest absolute Gasteiger partial charge is 0.0906 e. The Hall–Kier alpha value is -2.68. The molecule has 3 aromatic rings. The number of hydrogen-bond donors (Lipinski definition) is 0. The summed E-state index contributed by atoms with van der Waals surface area (Å²) in [6, 6.07) is 33.0. The third-order valence-corrected chi connectivity index (χ3v) is 8.21. The molecule has 0 aliphatic carbocycles. The van der Waals surface area contributed by atoms with E-state index in [9.17, 15) is 0 Å². The van der Waals surface area contributed by atoms with E-state index in [1.165, 1.54) is 74.5 Å². The predicted molar refractivity (Wildman–Crippen MR) is 152 cm³/mol. The van der Waals surface area contributed by atoms with E-state index in [-0.39, 0.29) is 4.75 Å². The van der Waals surface area contributed by atoms with Gasteiger partial charge >= 0.3 is 0 Å². The van der Waals surface area contributed by atoms with Crippen LogP contribution < -0.4 is 0 Å². The van der Waals surface area contributed by atoms with Crippen molar-refractivity contribution in [2.75, 3.05) is 12.3 Å². The van der Waals surface area contributed by atoms with E-state index < -0.39 is 0 Å². The van der Waals surface area contributed by atoms with E-state index in [2.05, 4.69) is 113 Å². The summed E-state index contributed by atoms with van der Waals surface area (Å²) in [6.45, 7) is 0.647. The van der Waals surface area contributed by atoms with Crippen molar-refractivity contribution in [3.05, 3.63) is 118 Å². The monoisotopic (exact) mass is 485 g/mol. The Balaban J connectivity index is 1.50. The molecular formula is C31H39N3S. The molecule has 3 rings (SSSR count). The average molecular weight is 486 g/mol. The Bertz CT molecular complexity index is 889. The first-order chi connectivity index (χ1) is 17.4. The molecule has 3 nitrogen and oxygen atoms in total. The molecule has 0 aliphatic heterocycles. The number of unbranched alkanes of at least 4 members (excludes halogenated alkanes) is 9. The summed E-state index contributed by atoms with van der Waals surface area (Å²) in [7, 11) is 0. The molecule has 0 spiro atoms. The summed E-state index contributed by atoms with van der Waals surface area (Å²) in [4.78, 5) is 2.81. The zero-order valence-corrected chi connectivity index (χ0v) is 21.7. The number of rotatable bonds is 17. The van der Waals surface area contributed by atoms with Gasteiger partial charge in [0.05, 0.1) is 4.75 Å². The van der Waals surface area contributed by atoms with Gasteiger partial charge in [0.1, 0.15) is 0 Å². The molecule has 0 saturated carbocycles. The van der Waals surface area contributed by atoms with E-state index in [0.29, 0.717) is 6.54 Å². The number of nitrogens with zero attached hydrogens (tertiary/aromatic N) is 3. The first-order valence-electron chi connectivity index (χ1n) is 13.2. The lowest BCUT2D eigenvalue weighted by atomic mass is 9.84. The van der Waals surface area contributed by atoms with Crippen molar-refractivity contribution in [3.8, 4) is 0 Å². The zero-order valence-electron chi connectivity index (χ0n) is 20.9. The molecule has 3 aromatic carbocycles. The Morgan fingerprint density at radius 3 is 1.31 bits per heavy atom. The molecule has 0 saturated heterocycles. The van der Waals surface area contributed by atoms with Gasteiger partial charge in [-0.1, -0.05) is 147 Å². The third kappa shape index (κ3) is 8.49. The Labute approximate surface area is 216 Å². The highest BCUT2D eigenvalue weighted by Crippen LogP contribution is 2.48. The average Bonchev–Trinajstić information content (AvgIpc) is 2.93. The lowest BCUT2D eigenvalue weighted by molar-refractivity contribution is 0.558. The van der Waals surface area contributed by atoms with Gasteiger partial charge in [-0.2, -0.15) is 0 Å². The van der Waals surface area contributed by atoms with Crippen molar-refractivity contribution in [3.63, 3.8) is 0 Å². The van der Waals surface area contributed by atoms with Crippen molar-refractivity contribution >= 4 is 11.8 Å². The predicted octanol–water partition coefficient (Wildman–Crippen LogP) is 9.92. The molecule has 0 amide bonds. The van der Waals surface area contributed by atoms with Gasteiger partial charge in [0, 0.05) is 11.5 Å². The summed E-state index contributed by atoms with van der Waals surface area (Å²) < 4.78 is -0.192. The largest absolute Gasteiger partial charge is 0.141 e. The maximum atomic E-state index is 8.30. The number of thioether (sulfide) groups is 1. The normalized spacial score (nSPS) is 11.2. The number of azide groups is 1. The first-order valence-corrected chi connectivity index (χ1v) is 14.2. The van der Waals surface area contributed by atoms with Crippen molar-refractivity contribution in [2.24, 2.45) is 5.11 Å². The van der Waals surface area contributed by atoms with Gasteiger partial charge < -0.3 is 0 Å². The lowest BCUT2D eigenvalue weighted by Crippen LogP contribution is -2.26. The van der Waals surface area contributed by atoms with Crippen LogP contribution >= 0.6 is 11.8 Å². The molecule has 35 heavy (non-hydrogen) atoms. The van der Waals surface area contributed by atoms with Gasteiger partial charge in [0.25, 0.3) is 0 Å². The summed E-state index contributed by atoms with van der Waals surface area (Å²) in [5, 5.41) is 3.60. The maximum absolute atomic E-state index is 8.30.